The Kier molecular flexibility index (Phi) is 3.42. The molecule has 18 heavy (non-hydrogen) atoms. The number of aryl methyl sites for hydroxylation is 1. The summed E-state index contributed by atoms with van der Waals surface area (Å²) in [6.45, 7) is 3.41. The Morgan fingerprint density at radius 2 is 2.28 bits per heavy atom. The lowest BCUT2D eigenvalue weighted by molar-refractivity contribution is 0.428. The Balaban J connectivity index is 2.18. The highest BCUT2D eigenvalue weighted by Crippen LogP contribution is 2.23. The van der Waals surface area contributed by atoms with E-state index in [-0.39, 0.29) is 4.21 Å². The fraction of sp³-hybridized carbons (Fsp3) is 0.300. The van der Waals surface area contributed by atoms with Gasteiger partial charge in [-0.1, -0.05) is 0 Å². The van der Waals surface area contributed by atoms with E-state index in [0.717, 1.165) is 11.3 Å². The van der Waals surface area contributed by atoms with Gasteiger partial charge in [-0.2, -0.15) is 4.72 Å². The molecule has 0 spiro atoms. The van der Waals surface area contributed by atoms with Crippen LogP contribution in [-0.4, -0.2) is 13.4 Å². The van der Waals surface area contributed by atoms with Crippen molar-refractivity contribution in [1.82, 2.24) is 9.71 Å². The Hall–Kier alpha value is -1.38. The molecule has 2 aromatic heterocycles. The van der Waals surface area contributed by atoms with Crippen LogP contribution in [0.25, 0.3) is 0 Å². The first-order valence-corrected chi connectivity index (χ1v) is 7.53. The van der Waals surface area contributed by atoms with Gasteiger partial charge in [0.05, 0.1) is 12.2 Å². The number of sulfonamides is 1. The van der Waals surface area contributed by atoms with Gasteiger partial charge in [-0.05, 0) is 19.9 Å². The van der Waals surface area contributed by atoms with Crippen molar-refractivity contribution in [3.8, 4) is 0 Å². The highest BCUT2D eigenvalue weighted by molar-refractivity contribution is 7.91. The van der Waals surface area contributed by atoms with Crippen LogP contribution in [0.3, 0.4) is 0 Å². The van der Waals surface area contributed by atoms with Crippen molar-refractivity contribution in [3.05, 3.63) is 29.3 Å². The van der Waals surface area contributed by atoms with Gasteiger partial charge < -0.3 is 10.2 Å². The van der Waals surface area contributed by atoms with Gasteiger partial charge in [0, 0.05) is 11.1 Å². The van der Waals surface area contributed by atoms with Crippen LogP contribution in [0.5, 0.6) is 0 Å². The van der Waals surface area contributed by atoms with Gasteiger partial charge in [0.1, 0.15) is 9.97 Å². The normalized spacial score (nSPS) is 13.7. The average Bonchev–Trinajstić information content (AvgIpc) is 2.86. The van der Waals surface area contributed by atoms with E-state index in [2.05, 4.69) is 9.71 Å². The van der Waals surface area contributed by atoms with Crippen molar-refractivity contribution in [2.75, 3.05) is 5.73 Å². The van der Waals surface area contributed by atoms with E-state index in [1.807, 2.05) is 0 Å². The highest BCUT2D eigenvalue weighted by atomic mass is 32.2. The number of hydrogen-bond donors (Lipinski definition) is 2. The summed E-state index contributed by atoms with van der Waals surface area (Å²) in [5.74, 6) is 0.969. The van der Waals surface area contributed by atoms with E-state index in [9.17, 15) is 8.42 Å². The molecule has 2 rings (SSSR count). The molecule has 6 nitrogen and oxygen atoms in total. The van der Waals surface area contributed by atoms with E-state index in [1.54, 1.807) is 25.4 Å². The number of oxazole rings is 1. The molecule has 0 saturated heterocycles. The van der Waals surface area contributed by atoms with Gasteiger partial charge in [-0.25, -0.2) is 13.4 Å². The zero-order valence-corrected chi connectivity index (χ0v) is 11.5. The minimum Gasteiger partial charge on any atom is -0.444 e. The summed E-state index contributed by atoms with van der Waals surface area (Å²) in [6, 6.07) is 0.882. The Morgan fingerprint density at radius 1 is 1.56 bits per heavy atom. The van der Waals surface area contributed by atoms with Gasteiger partial charge in [0.15, 0.2) is 0 Å². The molecular weight excluding hydrogens is 274 g/mol. The molecular formula is C10H13N3O3S2. The van der Waals surface area contributed by atoms with Crippen LogP contribution < -0.4 is 10.5 Å². The quantitative estimate of drug-likeness (QED) is 0.891. The van der Waals surface area contributed by atoms with Crippen LogP contribution in [0.15, 0.2) is 26.3 Å². The first kappa shape index (κ1) is 13.1. The molecule has 0 saturated carbocycles. The summed E-state index contributed by atoms with van der Waals surface area (Å²) in [5.41, 5.74) is 5.94. The number of hydrogen-bond acceptors (Lipinski definition) is 6. The van der Waals surface area contributed by atoms with Gasteiger partial charge >= 0.3 is 0 Å². The Labute approximate surface area is 109 Å². The van der Waals surface area contributed by atoms with E-state index >= 15 is 0 Å². The molecule has 0 radical (unpaired) electrons. The predicted molar refractivity (Wildman–Crippen MR) is 68.7 cm³/mol. The average molecular weight is 287 g/mol. The van der Waals surface area contributed by atoms with Gasteiger partial charge in [0.25, 0.3) is 10.0 Å². The van der Waals surface area contributed by atoms with Crippen molar-refractivity contribution in [2.45, 2.75) is 24.1 Å². The molecule has 2 heterocycles. The maximum Gasteiger partial charge on any atom is 0.250 e. The lowest BCUT2D eigenvalue weighted by atomic mass is 10.4. The topological polar surface area (TPSA) is 98.2 Å². The molecule has 98 valence electrons. The van der Waals surface area contributed by atoms with E-state index < -0.39 is 16.1 Å². The minimum atomic E-state index is -3.59. The lowest BCUT2D eigenvalue weighted by Gasteiger charge is -2.09. The van der Waals surface area contributed by atoms with E-state index in [0.29, 0.717) is 17.3 Å². The standard InChI is InChI=1S/C10H13N3O3S2/c1-6-4-12-10(16-6)7(2)13-18(14,15)9-3-8(11)5-17-9/h3-5,7,13H,11H2,1-2H3. The van der Waals surface area contributed by atoms with Crippen LogP contribution in [0.4, 0.5) is 5.69 Å². The van der Waals surface area contributed by atoms with Crippen LogP contribution >= 0.6 is 11.3 Å². The third kappa shape index (κ3) is 2.71. The Morgan fingerprint density at radius 3 is 2.78 bits per heavy atom. The van der Waals surface area contributed by atoms with Crippen molar-refractivity contribution < 1.29 is 12.8 Å². The zero-order valence-electron chi connectivity index (χ0n) is 9.88. The van der Waals surface area contributed by atoms with Crippen LogP contribution in [0, 0.1) is 6.92 Å². The molecule has 2 aromatic rings. The molecule has 0 aromatic carbocycles. The SMILES string of the molecule is Cc1cnc(C(C)NS(=O)(=O)c2cc(N)cs2)o1. The molecule has 8 heteroatoms. The predicted octanol–water partition coefficient (Wildman–Crippen LogP) is 1.67. The monoisotopic (exact) mass is 287 g/mol. The second-order valence-corrected chi connectivity index (χ2v) is 6.70. The molecule has 0 fully saturated rings. The number of nitrogens with zero attached hydrogens (tertiary/aromatic N) is 1. The van der Waals surface area contributed by atoms with Crippen molar-refractivity contribution >= 4 is 27.0 Å². The highest BCUT2D eigenvalue weighted by Gasteiger charge is 2.22. The lowest BCUT2D eigenvalue weighted by Crippen LogP contribution is -2.26. The summed E-state index contributed by atoms with van der Waals surface area (Å²) in [6.07, 6.45) is 1.54. The summed E-state index contributed by atoms with van der Waals surface area (Å²) < 4.78 is 32.0. The summed E-state index contributed by atoms with van der Waals surface area (Å²) in [4.78, 5) is 3.98. The molecule has 0 bridgehead atoms. The number of nitrogen functional groups attached to an aromatic ring is 1. The summed E-state index contributed by atoms with van der Waals surface area (Å²) >= 11 is 1.07. The van der Waals surface area contributed by atoms with E-state index in [1.165, 1.54) is 6.07 Å². The van der Waals surface area contributed by atoms with Gasteiger partial charge in [0.2, 0.25) is 5.89 Å². The molecule has 0 aliphatic rings. The van der Waals surface area contributed by atoms with E-state index in [4.69, 9.17) is 10.2 Å². The molecule has 1 unspecified atom stereocenters. The number of anilines is 1. The molecule has 0 amide bonds. The number of nitrogens with one attached hydrogen (secondary N) is 1. The van der Waals surface area contributed by atoms with Crippen molar-refractivity contribution in [2.24, 2.45) is 0 Å². The fourth-order valence-electron chi connectivity index (χ4n) is 1.38. The van der Waals surface area contributed by atoms with Gasteiger partial charge in [-0.15, -0.1) is 11.3 Å². The molecule has 0 aliphatic heterocycles. The maximum absolute atomic E-state index is 12.0. The van der Waals surface area contributed by atoms with Crippen LogP contribution in [-0.2, 0) is 10.0 Å². The molecule has 0 aliphatic carbocycles. The number of aromatic nitrogens is 1. The van der Waals surface area contributed by atoms with Crippen LogP contribution in [0.1, 0.15) is 24.6 Å². The second kappa shape index (κ2) is 4.71. The zero-order chi connectivity index (χ0) is 13.3. The van der Waals surface area contributed by atoms with Crippen molar-refractivity contribution in [1.29, 1.82) is 0 Å². The molecule has 1 atom stereocenters. The minimum absolute atomic E-state index is 0.176. The maximum atomic E-state index is 12.0. The molecule has 3 N–H and O–H groups in total. The summed E-state index contributed by atoms with van der Waals surface area (Å²) in [7, 11) is -3.59. The Bertz CT molecular complexity index is 645. The third-order valence-electron chi connectivity index (χ3n) is 2.20. The van der Waals surface area contributed by atoms with Crippen molar-refractivity contribution in [3.63, 3.8) is 0 Å². The van der Waals surface area contributed by atoms with Crippen LogP contribution in [0.2, 0.25) is 0 Å². The number of nitrogens with two attached hydrogens (primary N) is 1. The fourth-order valence-corrected chi connectivity index (χ4v) is 3.68. The number of thiophene rings is 1. The third-order valence-corrected chi connectivity index (χ3v) is 5.20. The first-order chi connectivity index (χ1) is 8.38. The second-order valence-electron chi connectivity index (χ2n) is 3.85. The number of rotatable bonds is 4. The largest absolute Gasteiger partial charge is 0.444 e. The summed E-state index contributed by atoms with van der Waals surface area (Å²) in [5, 5.41) is 1.58. The van der Waals surface area contributed by atoms with Gasteiger partial charge in [-0.3, -0.25) is 0 Å². The smallest absolute Gasteiger partial charge is 0.250 e. The first-order valence-electron chi connectivity index (χ1n) is 5.17.